The zero-order valence-electron chi connectivity index (χ0n) is 11.4. The van der Waals surface area contributed by atoms with E-state index in [0.717, 1.165) is 44.1 Å². The molecule has 5 heteroatoms. The first kappa shape index (κ1) is 12.9. The number of hydrogen-bond donors (Lipinski definition) is 1. The summed E-state index contributed by atoms with van der Waals surface area (Å²) in [4.78, 5) is 13.3. The summed E-state index contributed by atoms with van der Waals surface area (Å²) in [6.45, 7) is 4.90. The minimum Gasteiger partial charge on any atom is -0.383 e. The standard InChI is InChI=1S/C15H19N5/c16-15-13(4-3-7-18-15)12-19-8-10-20(11-9-19)14-5-1-2-6-17-14/h1-7H,8-12H2,(H2,16,18). The van der Waals surface area contributed by atoms with Crippen LogP contribution in [0.4, 0.5) is 11.6 Å². The third-order valence-corrected chi connectivity index (χ3v) is 3.67. The second kappa shape index (κ2) is 5.88. The Morgan fingerprint density at radius 2 is 1.75 bits per heavy atom. The molecule has 0 unspecified atom stereocenters. The van der Waals surface area contributed by atoms with Crippen molar-refractivity contribution in [1.29, 1.82) is 0 Å². The van der Waals surface area contributed by atoms with Gasteiger partial charge in [-0.15, -0.1) is 0 Å². The summed E-state index contributed by atoms with van der Waals surface area (Å²) in [7, 11) is 0. The van der Waals surface area contributed by atoms with E-state index in [0.29, 0.717) is 5.82 Å². The minimum absolute atomic E-state index is 0.639. The number of aromatic nitrogens is 2. The number of nitrogens with two attached hydrogens (primary N) is 1. The molecule has 1 aliphatic rings. The van der Waals surface area contributed by atoms with E-state index in [1.807, 2.05) is 30.5 Å². The summed E-state index contributed by atoms with van der Waals surface area (Å²) in [5.74, 6) is 1.70. The van der Waals surface area contributed by atoms with Gasteiger partial charge in [0.05, 0.1) is 0 Å². The molecule has 2 N–H and O–H groups in total. The summed E-state index contributed by atoms with van der Waals surface area (Å²) >= 11 is 0. The lowest BCUT2D eigenvalue weighted by atomic mass is 10.2. The molecule has 0 amide bonds. The molecule has 3 heterocycles. The number of rotatable bonds is 3. The molecule has 0 aliphatic carbocycles. The van der Waals surface area contributed by atoms with Crippen LogP contribution < -0.4 is 10.6 Å². The predicted molar refractivity (Wildman–Crippen MR) is 80.4 cm³/mol. The molecular weight excluding hydrogens is 250 g/mol. The van der Waals surface area contributed by atoms with Crippen LogP contribution in [-0.4, -0.2) is 41.0 Å². The number of anilines is 2. The number of nitrogens with zero attached hydrogens (tertiary/aromatic N) is 4. The Balaban J connectivity index is 1.58. The van der Waals surface area contributed by atoms with Gasteiger partial charge in [0.1, 0.15) is 11.6 Å². The van der Waals surface area contributed by atoms with Gasteiger partial charge in [0, 0.05) is 50.7 Å². The molecule has 0 atom stereocenters. The summed E-state index contributed by atoms with van der Waals surface area (Å²) in [5, 5.41) is 0. The average Bonchev–Trinajstić information content (AvgIpc) is 2.51. The fourth-order valence-electron chi connectivity index (χ4n) is 2.50. The lowest BCUT2D eigenvalue weighted by Gasteiger charge is -2.35. The normalized spacial score (nSPS) is 16.3. The second-order valence-corrected chi connectivity index (χ2v) is 5.00. The fourth-order valence-corrected chi connectivity index (χ4v) is 2.50. The molecule has 1 aliphatic heterocycles. The third kappa shape index (κ3) is 2.88. The Hall–Kier alpha value is -2.14. The largest absolute Gasteiger partial charge is 0.383 e. The molecule has 5 nitrogen and oxygen atoms in total. The zero-order valence-corrected chi connectivity index (χ0v) is 11.4. The van der Waals surface area contributed by atoms with Crippen LogP contribution in [0.2, 0.25) is 0 Å². The Morgan fingerprint density at radius 1 is 0.950 bits per heavy atom. The molecule has 0 spiro atoms. The summed E-state index contributed by atoms with van der Waals surface area (Å²) in [6, 6.07) is 10.0. The molecule has 3 rings (SSSR count). The number of nitrogen functional groups attached to an aromatic ring is 1. The third-order valence-electron chi connectivity index (χ3n) is 3.67. The van der Waals surface area contributed by atoms with Crippen LogP contribution in [0, 0.1) is 0 Å². The highest BCUT2D eigenvalue weighted by Gasteiger charge is 2.18. The van der Waals surface area contributed by atoms with Gasteiger partial charge in [-0.3, -0.25) is 4.90 Å². The molecule has 0 aromatic carbocycles. The molecule has 2 aromatic rings. The van der Waals surface area contributed by atoms with E-state index in [4.69, 9.17) is 5.73 Å². The van der Waals surface area contributed by atoms with Gasteiger partial charge >= 0.3 is 0 Å². The predicted octanol–water partition coefficient (Wildman–Crippen LogP) is 1.38. The van der Waals surface area contributed by atoms with E-state index in [1.165, 1.54) is 0 Å². The van der Waals surface area contributed by atoms with Crippen LogP contribution in [0.25, 0.3) is 0 Å². The maximum Gasteiger partial charge on any atom is 0.128 e. The van der Waals surface area contributed by atoms with E-state index in [9.17, 15) is 0 Å². The van der Waals surface area contributed by atoms with Crippen molar-refractivity contribution < 1.29 is 0 Å². The van der Waals surface area contributed by atoms with Gasteiger partial charge < -0.3 is 10.6 Å². The molecule has 0 radical (unpaired) electrons. The Labute approximate surface area is 119 Å². The first-order valence-electron chi connectivity index (χ1n) is 6.90. The van der Waals surface area contributed by atoms with Gasteiger partial charge in [-0.1, -0.05) is 12.1 Å². The van der Waals surface area contributed by atoms with E-state index in [-0.39, 0.29) is 0 Å². The molecule has 20 heavy (non-hydrogen) atoms. The molecule has 104 valence electrons. The van der Waals surface area contributed by atoms with Crippen molar-refractivity contribution in [1.82, 2.24) is 14.9 Å². The number of hydrogen-bond acceptors (Lipinski definition) is 5. The van der Waals surface area contributed by atoms with Gasteiger partial charge in [-0.25, -0.2) is 9.97 Å². The molecule has 1 saturated heterocycles. The van der Waals surface area contributed by atoms with Crippen LogP contribution in [0.3, 0.4) is 0 Å². The van der Waals surface area contributed by atoms with E-state index in [1.54, 1.807) is 6.20 Å². The quantitative estimate of drug-likeness (QED) is 0.912. The van der Waals surface area contributed by atoms with Crippen molar-refractivity contribution in [2.45, 2.75) is 6.54 Å². The van der Waals surface area contributed by atoms with Crippen LogP contribution in [0.5, 0.6) is 0 Å². The van der Waals surface area contributed by atoms with Crippen LogP contribution >= 0.6 is 0 Å². The molecule has 0 saturated carbocycles. The van der Waals surface area contributed by atoms with Crippen LogP contribution in [0.1, 0.15) is 5.56 Å². The highest BCUT2D eigenvalue weighted by Crippen LogP contribution is 2.15. The van der Waals surface area contributed by atoms with Gasteiger partial charge in [0.25, 0.3) is 0 Å². The van der Waals surface area contributed by atoms with Gasteiger partial charge in [-0.2, -0.15) is 0 Å². The molecule has 0 bridgehead atoms. The van der Waals surface area contributed by atoms with E-state index < -0.39 is 0 Å². The maximum absolute atomic E-state index is 5.90. The van der Waals surface area contributed by atoms with Crippen molar-refractivity contribution in [3.63, 3.8) is 0 Å². The number of pyridine rings is 2. The topological polar surface area (TPSA) is 58.3 Å². The highest BCUT2D eigenvalue weighted by atomic mass is 15.3. The molecule has 2 aromatic heterocycles. The van der Waals surface area contributed by atoms with E-state index >= 15 is 0 Å². The Kier molecular flexibility index (Phi) is 3.78. The lowest BCUT2D eigenvalue weighted by molar-refractivity contribution is 0.249. The van der Waals surface area contributed by atoms with Crippen molar-refractivity contribution in [2.75, 3.05) is 36.8 Å². The lowest BCUT2D eigenvalue weighted by Crippen LogP contribution is -2.46. The smallest absolute Gasteiger partial charge is 0.128 e. The fraction of sp³-hybridized carbons (Fsp3) is 0.333. The summed E-state index contributed by atoms with van der Waals surface area (Å²) in [6.07, 6.45) is 3.58. The van der Waals surface area contributed by atoms with Crippen molar-refractivity contribution in [3.05, 3.63) is 48.3 Å². The zero-order chi connectivity index (χ0) is 13.8. The second-order valence-electron chi connectivity index (χ2n) is 5.00. The SMILES string of the molecule is Nc1ncccc1CN1CCN(c2ccccn2)CC1. The van der Waals surface area contributed by atoms with Crippen molar-refractivity contribution in [3.8, 4) is 0 Å². The number of piperazine rings is 1. The van der Waals surface area contributed by atoms with Gasteiger partial charge in [0.2, 0.25) is 0 Å². The van der Waals surface area contributed by atoms with Crippen LogP contribution in [0.15, 0.2) is 42.7 Å². The maximum atomic E-state index is 5.90. The average molecular weight is 269 g/mol. The first-order valence-corrected chi connectivity index (χ1v) is 6.90. The van der Waals surface area contributed by atoms with Crippen molar-refractivity contribution in [2.24, 2.45) is 0 Å². The van der Waals surface area contributed by atoms with Crippen LogP contribution in [-0.2, 0) is 6.54 Å². The van der Waals surface area contributed by atoms with Gasteiger partial charge in [0.15, 0.2) is 0 Å². The summed E-state index contributed by atoms with van der Waals surface area (Å²) < 4.78 is 0. The van der Waals surface area contributed by atoms with Crippen molar-refractivity contribution >= 4 is 11.6 Å². The van der Waals surface area contributed by atoms with E-state index in [2.05, 4.69) is 25.8 Å². The summed E-state index contributed by atoms with van der Waals surface area (Å²) in [5.41, 5.74) is 7.01. The Bertz CT molecular complexity index is 549. The molecular formula is C15H19N5. The molecule has 1 fully saturated rings. The van der Waals surface area contributed by atoms with Gasteiger partial charge in [-0.05, 0) is 18.2 Å². The minimum atomic E-state index is 0.639. The highest BCUT2D eigenvalue weighted by molar-refractivity contribution is 5.39. The first-order chi connectivity index (χ1) is 9.83. The Morgan fingerprint density at radius 3 is 2.45 bits per heavy atom. The monoisotopic (exact) mass is 269 g/mol.